The zero-order valence-corrected chi connectivity index (χ0v) is 28.3. The lowest BCUT2D eigenvalue weighted by atomic mass is 10.2. The third-order valence-corrected chi connectivity index (χ3v) is 5.15. The van der Waals surface area contributed by atoms with E-state index >= 15 is 0 Å². The van der Waals surface area contributed by atoms with Gasteiger partial charge < -0.3 is 24.1 Å². The van der Waals surface area contributed by atoms with Gasteiger partial charge in [0.05, 0.1) is 31.8 Å². The normalized spacial score (nSPS) is 13.0. The summed E-state index contributed by atoms with van der Waals surface area (Å²) in [5.41, 5.74) is -2.50. The molecule has 0 bridgehead atoms. The van der Waals surface area contributed by atoms with E-state index < -0.39 is 28.5 Å². The molecule has 0 spiro atoms. The van der Waals surface area contributed by atoms with E-state index in [2.05, 4.69) is 0 Å². The average molecular weight is 603 g/mol. The van der Waals surface area contributed by atoms with Crippen LogP contribution in [0.4, 0.5) is 0 Å². The summed E-state index contributed by atoms with van der Waals surface area (Å²) in [7, 11) is 0. The highest BCUT2D eigenvalue weighted by molar-refractivity contribution is 5.71. The van der Waals surface area contributed by atoms with Gasteiger partial charge in [-0.05, 0) is 83.1 Å². The average Bonchev–Trinajstić information content (AvgIpc) is 2.72. The van der Waals surface area contributed by atoms with Crippen LogP contribution < -0.4 is 0 Å². The van der Waals surface area contributed by atoms with Gasteiger partial charge in [0.2, 0.25) is 0 Å². The number of esters is 4. The molecule has 0 atom stereocenters. The molecule has 42 heavy (non-hydrogen) atoms. The van der Waals surface area contributed by atoms with Gasteiger partial charge in [0.1, 0.15) is 22.4 Å². The van der Waals surface area contributed by atoms with Gasteiger partial charge in [-0.3, -0.25) is 29.0 Å². The lowest BCUT2D eigenvalue weighted by molar-refractivity contribution is -0.157. The molecule has 0 amide bonds. The minimum Gasteiger partial charge on any atom is -0.460 e. The summed E-state index contributed by atoms with van der Waals surface area (Å²) in [6.45, 7) is 22.9. The van der Waals surface area contributed by atoms with Crippen molar-refractivity contribution in [3.63, 3.8) is 0 Å². The summed E-state index contributed by atoms with van der Waals surface area (Å²) in [4.78, 5) is 53.0. The van der Waals surface area contributed by atoms with Crippen LogP contribution in [0, 0.1) is 0 Å². The number of hydrogen-bond acceptors (Lipinski definition) is 11. The molecular formula is C31H58N2O9. The maximum Gasteiger partial charge on any atom is 0.307 e. The van der Waals surface area contributed by atoms with E-state index in [1.807, 2.05) is 9.80 Å². The topological polar surface area (TPSA) is 132 Å². The predicted molar refractivity (Wildman–Crippen MR) is 161 cm³/mol. The summed E-state index contributed by atoms with van der Waals surface area (Å²) < 4.78 is 21.6. The first kappa shape index (κ1) is 39.8. The van der Waals surface area contributed by atoms with Crippen molar-refractivity contribution in [3.05, 3.63) is 0 Å². The van der Waals surface area contributed by atoms with Gasteiger partial charge in [0.15, 0.2) is 0 Å². The predicted octanol–water partition coefficient (Wildman–Crippen LogP) is 3.88. The van der Waals surface area contributed by atoms with Gasteiger partial charge in [-0.1, -0.05) is 0 Å². The largest absolute Gasteiger partial charge is 0.460 e. The molecule has 0 aliphatic heterocycles. The van der Waals surface area contributed by atoms with Gasteiger partial charge in [0, 0.05) is 39.3 Å². The van der Waals surface area contributed by atoms with Crippen molar-refractivity contribution in [2.45, 2.75) is 137 Å². The summed E-state index contributed by atoms with van der Waals surface area (Å²) in [5.74, 6) is -1.52. The minimum absolute atomic E-state index is 0.0826. The number of ether oxygens (including phenoxy) is 4. The highest BCUT2D eigenvalue weighted by Crippen LogP contribution is 2.13. The third-order valence-electron chi connectivity index (χ3n) is 5.15. The molecule has 0 radical (unpaired) electrons. The molecule has 0 aromatic carbocycles. The summed E-state index contributed by atoms with van der Waals surface area (Å²) in [5, 5.41) is 11.0. The Morgan fingerprint density at radius 1 is 0.476 bits per heavy atom. The molecule has 0 saturated heterocycles. The molecule has 0 aliphatic carbocycles. The van der Waals surface area contributed by atoms with Crippen LogP contribution in [0.25, 0.3) is 0 Å². The summed E-state index contributed by atoms with van der Waals surface area (Å²) >= 11 is 0. The van der Waals surface area contributed by atoms with Crippen LogP contribution in [0.1, 0.15) is 109 Å². The number of hydrogen-bond donors (Lipinski definition) is 1. The van der Waals surface area contributed by atoms with E-state index in [0.29, 0.717) is 0 Å². The van der Waals surface area contributed by atoms with E-state index in [-0.39, 0.29) is 88.8 Å². The first-order valence-electron chi connectivity index (χ1n) is 14.8. The fraction of sp³-hybridized carbons (Fsp3) is 0.871. The fourth-order valence-electron chi connectivity index (χ4n) is 3.81. The van der Waals surface area contributed by atoms with Crippen LogP contribution in [0.15, 0.2) is 0 Å². The molecule has 0 fully saturated rings. The molecule has 1 N–H and O–H groups in total. The van der Waals surface area contributed by atoms with E-state index in [1.165, 1.54) is 0 Å². The molecule has 0 saturated carbocycles. The van der Waals surface area contributed by atoms with Crippen molar-refractivity contribution in [1.82, 2.24) is 9.80 Å². The first-order valence-corrected chi connectivity index (χ1v) is 14.8. The lowest BCUT2D eigenvalue weighted by Gasteiger charge is -2.30. The maximum absolute atomic E-state index is 12.3. The van der Waals surface area contributed by atoms with Crippen molar-refractivity contribution < 1.29 is 43.2 Å². The Kier molecular flexibility index (Phi) is 16.2. The molecular weight excluding hydrogens is 544 g/mol. The van der Waals surface area contributed by atoms with E-state index in [4.69, 9.17) is 18.9 Å². The molecule has 0 rings (SSSR count). The van der Waals surface area contributed by atoms with Gasteiger partial charge >= 0.3 is 23.9 Å². The zero-order chi connectivity index (χ0) is 32.9. The molecule has 0 aliphatic rings. The molecule has 11 nitrogen and oxygen atoms in total. The van der Waals surface area contributed by atoms with Crippen LogP contribution in [0.5, 0.6) is 0 Å². The van der Waals surface area contributed by atoms with Crippen LogP contribution >= 0.6 is 0 Å². The number of rotatable bonds is 16. The molecule has 0 heterocycles. The number of carbonyl (C=O) groups is 4. The third kappa shape index (κ3) is 24.4. The van der Waals surface area contributed by atoms with Crippen LogP contribution in [-0.4, -0.2) is 107 Å². The highest BCUT2D eigenvalue weighted by Gasteiger charge is 2.24. The fourth-order valence-corrected chi connectivity index (χ4v) is 3.81. The quantitative estimate of drug-likeness (QED) is 0.204. The van der Waals surface area contributed by atoms with Crippen LogP contribution in [0.2, 0.25) is 0 Å². The van der Waals surface area contributed by atoms with Crippen LogP contribution in [0.3, 0.4) is 0 Å². The van der Waals surface area contributed by atoms with Gasteiger partial charge in [0.25, 0.3) is 0 Å². The molecule has 0 aromatic rings. The van der Waals surface area contributed by atoms with Crippen LogP contribution in [-0.2, 0) is 38.1 Å². The lowest BCUT2D eigenvalue weighted by Crippen LogP contribution is -2.43. The first-order chi connectivity index (χ1) is 18.8. The van der Waals surface area contributed by atoms with Crippen molar-refractivity contribution in [2.75, 3.05) is 39.3 Å². The number of carbonyl (C=O) groups excluding carboxylic acids is 4. The molecule has 246 valence electrons. The van der Waals surface area contributed by atoms with Gasteiger partial charge in [-0.2, -0.15) is 0 Å². The molecule has 0 aromatic heterocycles. The van der Waals surface area contributed by atoms with Gasteiger partial charge in [-0.25, -0.2) is 0 Å². The Labute approximate surface area is 253 Å². The minimum atomic E-state index is -0.903. The van der Waals surface area contributed by atoms with Crippen molar-refractivity contribution >= 4 is 23.9 Å². The van der Waals surface area contributed by atoms with Crippen molar-refractivity contribution in [3.8, 4) is 0 Å². The van der Waals surface area contributed by atoms with E-state index in [9.17, 15) is 24.3 Å². The summed E-state index contributed by atoms with van der Waals surface area (Å²) in [6, 6.07) is 0. The number of aliphatic hydroxyl groups is 1. The van der Waals surface area contributed by atoms with Gasteiger partial charge in [-0.15, -0.1) is 0 Å². The Balaban J connectivity index is 5.46. The maximum atomic E-state index is 12.3. The smallest absolute Gasteiger partial charge is 0.307 e. The SMILES string of the molecule is CC(C)(C)OC(=O)CCN(CCC(=O)OC(C)(C)C)CC(O)CN(CCC(=O)OC(C)(C)C)CCC(=O)OC(C)(C)C. The van der Waals surface area contributed by atoms with Crippen molar-refractivity contribution in [2.24, 2.45) is 0 Å². The molecule has 11 heteroatoms. The Hall–Kier alpha value is -2.24. The van der Waals surface area contributed by atoms with E-state index in [1.54, 1.807) is 83.1 Å². The second-order valence-electron chi connectivity index (χ2n) is 14.6. The Morgan fingerprint density at radius 2 is 0.667 bits per heavy atom. The standard InChI is InChI=1S/C31H58N2O9/c1-28(2,3)39-24(35)13-17-32(18-14-25(36)40-29(4,5)6)21-23(34)22-33(19-15-26(37)41-30(7,8)9)20-16-27(38)42-31(10,11)12/h23,34H,13-22H2,1-12H3. The molecule has 0 unspecified atom stereocenters. The van der Waals surface area contributed by atoms with E-state index in [0.717, 1.165) is 0 Å². The Morgan fingerprint density at radius 3 is 0.833 bits per heavy atom. The number of nitrogens with zero attached hydrogens (tertiary/aromatic N) is 2. The Bertz CT molecular complexity index is 728. The monoisotopic (exact) mass is 602 g/mol. The summed E-state index contributed by atoms with van der Waals surface area (Å²) in [6.07, 6.45) is -0.573. The second kappa shape index (κ2) is 17.2. The second-order valence-corrected chi connectivity index (χ2v) is 14.6. The zero-order valence-electron chi connectivity index (χ0n) is 28.3. The highest BCUT2D eigenvalue weighted by atomic mass is 16.6. The number of aliphatic hydroxyl groups excluding tert-OH is 1. The van der Waals surface area contributed by atoms with Crippen molar-refractivity contribution in [1.29, 1.82) is 0 Å².